The number of rotatable bonds is 5. The van der Waals surface area contributed by atoms with Gasteiger partial charge in [0.2, 0.25) is 0 Å². The van der Waals surface area contributed by atoms with Gasteiger partial charge in [0.05, 0.1) is 6.61 Å². The molecule has 1 saturated heterocycles. The Morgan fingerprint density at radius 1 is 1.25 bits per heavy atom. The first-order chi connectivity index (χ1) is 9.71. The predicted octanol–water partition coefficient (Wildman–Crippen LogP) is 1.07. The second-order valence-corrected chi connectivity index (χ2v) is 6.90. The van der Waals surface area contributed by atoms with E-state index in [2.05, 4.69) is 15.5 Å². The molecule has 114 valence electrons. The Morgan fingerprint density at radius 3 is 2.65 bits per heavy atom. The van der Waals surface area contributed by atoms with Crippen LogP contribution in [0.4, 0.5) is 4.79 Å². The molecule has 3 fully saturated rings. The number of nitrogens with zero attached hydrogens (tertiary/aromatic N) is 1. The van der Waals surface area contributed by atoms with Gasteiger partial charge in [0.1, 0.15) is 0 Å². The Hall–Kier alpha value is -0.810. The zero-order valence-electron chi connectivity index (χ0n) is 12.2. The molecule has 1 aliphatic heterocycles. The van der Waals surface area contributed by atoms with Gasteiger partial charge in [0.25, 0.3) is 0 Å². The summed E-state index contributed by atoms with van der Waals surface area (Å²) in [5.74, 6) is 0. The van der Waals surface area contributed by atoms with E-state index in [4.69, 9.17) is 0 Å². The van der Waals surface area contributed by atoms with Crippen molar-refractivity contribution in [2.45, 2.75) is 57.0 Å². The topological polar surface area (TPSA) is 64.6 Å². The van der Waals surface area contributed by atoms with Gasteiger partial charge < -0.3 is 15.7 Å². The highest BCUT2D eigenvalue weighted by atomic mass is 16.3. The monoisotopic (exact) mass is 281 g/mol. The van der Waals surface area contributed by atoms with Gasteiger partial charge in [-0.25, -0.2) is 4.79 Å². The minimum Gasteiger partial charge on any atom is -0.396 e. The Balaban J connectivity index is 1.37. The molecule has 3 aliphatic rings. The lowest BCUT2D eigenvalue weighted by molar-refractivity contribution is 0.201. The summed E-state index contributed by atoms with van der Waals surface area (Å²) >= 11 is 0. The van der Waals surface area contributed by atoms with Gasteiger partial charge >= 0.3 is 6.03 Å². The van der Waals surface area contributed by atoms with E-state index in [1.165, 1.54) is 25.7 Å². The summed E-state index contributed by atoms with van der Waals surface area (Å²) in [6.45, 7) is 2.92. The molecule has 2 amide bonds. The lowest BCUT2D eigenvalue weighted by atomic mass is 10.1. The number of amides is 2. The molecule has 0 aromatic carbocycles. The van der Waals surface area contributed by atoms with Crippen LogP contribution in [0.3, 0.4) is 0 Å². The fraction of sp³-hybridized carbons (Fsp3) is 0.933. The lowest BCUT2D eigenvalue weighted by Crippen LogP contribution is -2.45. The smallest absolute Gasteiger partial charge is 0.315 e. The maximum absolute atomic E-state index is 11.9. The largest absolute Gasteiger partial charge is 0.396 e. The van der Waals surface area contributed by atoms with E-state index in [-0.39, 0.29) is 18.1 Å². The highest BCUT2D eigenvalue weighted by molar-refractivity contribution is 5.74. The van der Waals surface area contributed by atoms with E-state index >= 15 is 0 Å². The van der Waals surface area contributed by atoms with Gasteiger partial charge in [-0.15, -0.1) is 0 Å². The first-order valence-electron chi connectivity index (χ1n) is 8.10. The Kier molecular flexibility index (Phi) is 4.17. The van der Waals surface area contributed by atoms with Crippen LogP contribution in [-0.4, -0.2) is 54.4 Å². The molecular weight excluding hydrogens is 254 g/mol. The molecule has 3 N–H and O–H groups in total. The van der Waals surface area contributed by atoms with E-state index in [9.17, 15) is 9.90 Å². The summed E-state index contributed by atoms with van der Waals surface area (Å²) < 4.78 is 0. The molecule has 5 heteroatoms. The number of hydrogen-bond acceptors (Lipinski definition) is 3. The molecule has 5 nitrogen and oxygen atoms in total. The zero-order chi connectivity index (χ0) is 14.0. The number of carbonyl (C=O) groups excluding carboxylic acids is 1. The quantitative estimate of drug-likeness (QED) is 0.706. The highest BCUT2D eigenvalue weighted by Crippen LogP contribution is 2.44. The number of nitrogens with one attached hydrogen (secondary N) is 2. The minimum atomic E-state index is -0.0667. The number of likely N-dealkylation sites (tertiary alicyclic amines) is 1. The number of aliphatic hydroxyl groups excluding tert-OH is 1. The maximum atomic E-state index is 11.9. The van der Waals surface area contributed by atoms with Crippen LogP contribution < -0.4 is 10.6 Å². The van der Waals surface area contributed by atoms with Crippen molar-refractivity contribution in [3.8, 4) is 0 Å². The van der Waals surface area contributed by atoms with Gasteiger partial charge in [-0.1, -0.05) is 12.8 Å². The third-order valence-electron chi connectivity index (χ3n) is 5.31. The summed E-state index contributed by atoms with van der Waals surface area (Å²) in [6, 6.07) is 0.983. The summed E-state index contributed by atoms with van der Waals surface area (Å²) in [5.41, 5.74) is -0.0110. The molecule has 2 saturated carbocycles. The Morgan fingerprint density at radius 2 is 2.00 bits per heavy atom. The average Bonchev–Trinajstić information content (AvgIpc) is 2.86. The van der Waals surface area contributed by atoms with Gasteiger partial charge in [0, 0.05) is 37.1 Å². The van der Waals surface area contributed by atoms with E-state index < -0.39 is 0 Å². The number of hydrogen-bond donors (Lipinski definition) is 3. The average molecular weight is 281 g/mol. The van der Waals surface area contributed by atoms with Crippen molar-refractivity contribution >= 4 is 6.03 Å². The maximum Gasteiger partial charge on any atom is 0.315 e. The van der Waals surface area contributed by atoms with Gasteiger partial charge in [-0.2, -0.15) is 0 Å². The van der Waals surface area contributed by atoms with Crippen LogP contribution in [0, 0.1) is 5.41 Å². The molecule has 20 heavy (non-hydrogen) atoms. The van der Waals surface area contributed by atoms with Crippen LogP contribution in [0.5, 0.6) is 0 Å². The van der Waals surface area contributed by atoms with Gasteiger partial charge in [-0.05, 0) is 32.1 Å². The summed E-state index contributed by atoms with van der Waals surface area (Å²) in [4.78, 5) is 14.4. The van der Waals surface area contributed by atoms with Crippen molar-refractivity contribution in [3.63, 3.8) is 0 Å². The van der Waals surface area contributed by atoms with Gasteiger partial charge in [-0.3, -0.25) is 4.90 Å². The van der Waals surface area contributed by atoms with Crippen LogP contribution in [0.1, 0.15) is 44.9 Å². The summed E-state index contributed by atoms with van der Waals surface area (Å²) in [5, 5.41) is 15.2. The Labute approximate surface area is 121 Å². The van der Waals surface area contributed by atoms with Crippen molar-refractivity contribution in [2.24, 2.45) is 5.41 Å². The molecule has 0 spiro atoms. The number of urea groups is 1. The van der Waals surface area contributed by atoms with Crippen molar-refractivity contribution in [1.82, 2.24) is 15.5 Å². The number of carbonyl (C=O) groups is 1. The molecule has 0 radical (unpaired) electrons. The number of aliphatic hydroxyl groups is 1. The molecule has 0 aromatic heterocycles. The van der Waals surface area contributed by atoms with Crippen LogP contribution in [0.15, 0.2) is 0 Å². The van der Waals surface area contributed by atoms with Crippen LogP contribution >= 0.6 is 0 Å². The SMILES string of the molecule is O=C(NCC1(CO)CC1)NC1CCN(C2CCCC2)C1. The normalized spacial score (nSPS) is 29.6. The molecule has 3 rings (SSSR count). The van der Waals surface area contributed by atoms with Crippen molar-refractivity contribution in [1.29, 1.82) is 0 Å². The van der Waals surface area contributed by atoms with E-state index in [1.54, 1.807) is 0 Å². The summed E-state index contributed by atoms with van der Waals surface area (Å²) in [6.07, 6.45) is 8.52. The third kappa shape index (κ3) is 3.26. The predicted molar refractivity (Wildman–Crippen MR) is 77.5 cm³/mol. The summed E-state index contributed by atoms with van der Waals surface area (Å²) in [7, 11) is 0. The molecule has 1 heterocycles. The van der Waals surface area contributed by atoms with E-state index in [0.717, 1.165) is 38.4 Å². The lowest BCUT2D eigenvalue weighted by Gasteiger charge is -2.23. The zero-order valence-corrected chi connectivity index (χ0v) is 12.2. The van der Waals surface area contributed by atoms with Gasteiger partial charge in [0.15, 0.2) is 0 Å². The highest BCUT2D eigenvalue weighted by Gasteiger charge is 2.42. The first kappa shape index (κ1) is 14.1. The first-order valence-corrected chi connectivity index (χ1v) is 8.10. The molecule has 0 aromatic rings. The van der Waals surface area contributed by atoms with Crippen molar-refractivity contribution in [2.75, 3.05) is 26.2 Å². The minimum absolute atomic E-state index is 0.0110. The van der Waals surface area contributed by atoms with Crippen molar-refractivity contribution < 1.29 is 9.90 Å². The molecule has 1 atom stereocenters. The molecule has 0 bridgehead atoms. The van der Waals surface area contributed by atoms with E-state index in [1.807, 2.05) is 0 Å². The fourth-order valence-corrected chi connectivity index (χ4v) is 3.58. The van der Waals surface area contributed by atoms with Crippen LogP contribution in [0.2, 0.25) is 0 Å². The van der Waals surface area contributed by atoms with Crippen LogP contribution in [-0.2, 0) is 0 Å². The van der Waals surface area contributed by atoms with Crippen LogP contribution in [0.25, 0.3) is 0 Å². The molecular formula is C15H27N3O2. The van der Waals surface area contributed by atoms with E-state index in [0.29, 0.717) is 12.6 Å². The molecule has 2 aliphatic carbocycles. The fourth-order valence-electron chi connectivity index (χ4n) is 3.58. The second kappa shape index (κ2) is 5.90. The Bertz CT molecular complexity index is 351. The molecule has 1 unspecified atom stereocenters. The van der Waals surface area contributed by atoms with Crippen molar-refractivity contribution in [3.05, 3.63) is 0 Å². The standard InChI is InChI=1S/C15H27N3O2/c19-11-15(6-7-15)10-16-14(20)17-12-5-8-18(9-12)13-3-1-2-4-13/h12-13,19H,1-11H2,(H2,16,17,20). The second-order valence-electron chi connectivity index (χ2n) is 6.90. The third-order valence-corrected chi connectivity index (χ3v) is 5.31.